The van der Waals surface area contributed by atoms with Crippen LogP contribution in [0.1, 0.15) is 42.6 Å². The number of carboxylic acids is 1. The van der Waals surface area contributed by atoms with Crippen LogP contribution in [-0.4, -0.2) is 33.9 Å². The molecule has 2 heterocycles. The molecule has 1 saturated heterocycles. The highest BCUT2D eigenvalue weighted by Crippen LogP contribution is 2.38. The normalized spacial score (nSPS) is 27.0. The molecular formula is C13H17N3O2. The molecule has 1 aromatic rings. The van der Waals surface area contributed by atoms with E-state index in [2.05, 4.69) is 15.1 Å². The number of anilines is 1. The number of piperidine rings is 1. The van der Waals surface area contributed by atoms with E-state index in [0.29, 0.717) is 6.04 Å². The highest BCUT2D eigenvalue weighted by atomic mass is 16.4. The summed E-state index contributed by atoms with van der Waals surface area (Å²) in [5.74, 6) is 0.600. The highest BCUT2D eigenvalue weighted by Gasteiger charge is 2.35. The molecule has 2 unspecified atom stereocenters. The third-order valence-corrected chi connectivity index (χ3v) is 4.16. The summed E-state index contributed by atoms with van der Waals surface area (Å²) < 4.78 is 0. The van der Waals surface area contributed by atoms with Gasteiger partial charge in [0, 0.05) is 12.6 Å². The molecule has 0 bridgehead atoms. The van der Waals surface area contributed by atoms with Crippen molar-refractivity contribution in [1.82, 2.24) is 10.2 Å². The van der Waals surface area contributed by atoms with E-state index in [-0.39, 0.29) is 5.69 Å². The Bertz CT molecular complexity index is 446. The number of aromatic nitrogens is 2. The molecule has 0 radical (unpaired) electrons. The molecule has 1 saturated carbocycles. The largest absolute Gasteiger partial charge is 0.476 e. The predicted molar refractivity (Wildman–Crippen MR) is 66.7 cm³/mol. The minimum Gasteiger partial charge on any atom is -0.476 e. The van der Waals surface area contributed by atoms with E-state index >= 15 is 0 Å². The van der Waals surface area contributed by atoms with Crippen molar-refractivity contribution in [2.75, 3.05) is 11.4 Å². The van der Waals surface area contributed by atoms with Crippen LogP contribution >= 0.6 is 0 Å². The van der Waals surface area contributed by atoms with E-state index in [9.17, 15) is 4.79 Å². The van der Waals surface area contributed by atoms with E-state index < -0.39 is 5.97 Å². The Morgan fingerprint density at radius 1 is 1.22 bits per heavy atom. The number of nitrogens with zero attached hydrogens (tertiary/aromatic N) is 3. The monoisotopic (exact) mass is 247 g/mol. The van der Waals surface area contributed by atoms with Gasteiger partial charge in [-0.15, -0.1) is 10.2 Å². The smallest absolute Gasteiger partial charge is 0.356 e. The quantitative estimate of drug-likeness (QED) is 0.865. The summed E-state index contributed by atoms with van der Waals surface area (Å²) in [6, 6.07) is 3.92. The molecule has 0 aromatic carbocycles. The SMILES string of the molecule is O=C(O)c1ccc(N2CCCC3CCCC32)nn1. The fourth-order valence-electron chi connectivity index (χ4n) is 3.33. The summed E-state index contributed by atoms with van der Waals surface area (Å²) in [6.07, 6.45) is 6.37. The lowest BCUT2D eigenvalue weighted by Gasteiger charge is -2.38. The maximum Gasteiger partial charge on any atom is 0.356 e. The topological polar surface area (TPSA) is 66.3 Å². The standard InChI is InChI=1S/C13H17N3O2/c17-13(18)10-6-7-12(15-14-10)16-8-2-4-9-3-1-5-11(9)16/h6-7,9,11H,1-5,8H2,(H,17,18). The molecule has 0 spiro atoms. The van der Waals surface area contributed by atoms with E-state index in [1.165, 1.54) is 32.1 Å². The van der Waals surface area contributed by atoms with Gasteiger partial charge < -0.3 is 10.0 Å². The molecular weight excluding hydrogens is 230 g/mol. The van der Waals surface area contributed by atoms with E-state index in [1.54, 1.807) is 12.1 Å². The molecule has 1 aliphatic heterocycles. The van der Waals surface area contributed by atoms with Crippen LogP contribution in [0.3, 0.4) is 0 Å². The van der Waals surface area contributed by atoms with Crippen molar-refractivity contribution < 1.29 is 9.90 Å². The van der Waals surface area contributed by atoms with Gasteiger partial charge in [0.25, 0.3) is 0 Å². The van der Waals surface area contributed by atoms with E-state index in [4.69, 9.17) is 5.11 Å². The molecule has 96 valence electrons. The first-order valence-electron chi connectivity index (χ1n) is 6.59. The molecule has 5 heteroatoms. The second-order valence-corrected chi connectivity index (χ2v) is 5.18. The maximum absolute atomic E-state index is 10.8. The van der Waals surface area contributed by atoms with Crippen LogP contribution < -0.4 is 4.90 Å². The molecule has 2 atom stereocenters. The van der Waals surface area contributed by atoms with Crippen molar-refractivity contribution in [3.05, 3.63) is 17.8 Å². The molecule has 3 rings (SSSR count). The average molecular weight is 247 g/mol. The van der Waals surface area contributed by atoms with Gasteiger partial charge in [0.05, 0.1) is 0 Å². The van der Waals surface area contributed by atoms with Gasteiger partial charge >= 0.3 is 5.97 Å². The fraction of sp³-hybridized carbons (Fsp3) is 0.615. The Hall–Kier alpha value is -1.65. The van der Waals surface area contributed by atoms with Gasteiger partial charge in [-0.25, -0.2) is 4.79 Å². The first-order valence-corrected chi connectivity index (χ1v) is 6.59. The molecule has 18 heavy (non-hydrogen) atoms. The Balaban J connectivity index is 1.82. The van der Waals surface area contributed by atoms with Crippen molar-refractivity contribution in [2.24, 2.45) is 5.92 Å². The zero-order chi connectivity index (χ0) is 12.5. The van der Waals surface area contributed by atoms with Gasteiger partial charge in [-0.1, -0.05) is 6.42 Å². The van der Waals surface area contributed by atoms with Gasteiger partial charge in [0.1, 0.15) is 0 Å². The summed E-state index contributed by atoms with van der Waals surface area (Å²) >= 11 is 0. The van der Waals surface area contributed by atoms with E-state index in [0.717, 1.165) is 18.3 Å². The van der Waals surface area contributed by atoms with Gasteiger partial charge in [-0.2, -0.15) is 0 Å². The summed E-state index contributed by atoms with van der Waals surface area (Å²) in [7, 11) is 0. The lowest BCUT2D eigenvalue weighted by Crippen LogP contribution is -2.43. The Morgan fingerprint density at radius 3 is 2.78 bits per heavy atom. The summed E-state index contributed by atoms with van der Waals surface area (Å²) in [5, 5.41) is 16.7. The zero-order valence-electron chi connectivity index (χ0n) is 10.2. The first-order chi connectivity index (χ1) is 8.75. The second-order valence-electron chi connectivity index (χ2n) is 5.18. The average Bonchev–Trinajstić information content (AvgIpc) is 2.87. The van der Waals surface area contributed by atoms with Crippen molar-refractivity contribution in [2.45, 2.75) is 38.1 Å². The van der Waals surface area contributed by atoms with E-state index in [1.807, 2.05) is 0 Å². The molecule has 1 aliphatic carbocycles. The van der Waals surface area contributed by atoms with Crippen LogP contribution in [0.4, 0.5) is 5.82 Å². The number of carboxylic acid groups (broad SMARTS) is 1. The van der Waals surface area contributed by atoms with Crippen molar-refractivity contribution in [3.8, 4) is 0 Å². The lowest BCUT2D eigenvalue weighted by atomic mass is 9.92. The van der Waals surface area contributed by atoms with Crippen LogP contribution in [0.2, 0.25) is 0 Å². The highest BCUT2D eigenvalue weighted by molar-refractivity contribution is 5.85. The minimum absolute atomic E-state index is 0.0127. The summed E-state index contributed by atoms with van der Waals surface area (Å²) in [4.78, 5) is 13.1. The van der Waals surface area contributed by atoms with Crippen molar-refractivity contribution in [1.29, 1.82) is 0 Å². The third kappa shape index (κ3) is 1.94. The van der Waals surface area contributed by atoms with Crippen LogP contribution in [0.5, 0.6) is 0 Å². The fourth-order valence-corrected chi connectivity index (χ4v) is 3.33. The first kappa shape index (κ1) is 11.4. The Morgan fingerprint density at radius 2 is 2.06 bits per heavy atom. The second kappa shape index (κ2) is 4.55. The molecule has 1 N–H and O–H groups in total. The maximum atomic E-state index is 10.8. The van der Waals surface area contributed by atoms with Gasteiger partial charge in [0.2, 0.25) is 0 Å². The Kier molecular flexibility index (Phi) is 2.89. The summed E-state index contributed by atoms with van der Waals surface area (Å²) in [6.45, 7) is 1.02. The molecule has 2 aliphatic rings. The number of aromatic carboxylic acids is 1. The third-order valence-electron chi connectivity index (χ3n) is 4.16. The van der Waals surface area contributed by atoms with Crippen LogP contribution in [0.15, 0.2) is 12.1 Å². The van der Waals surface area contributed by atoms with Crippen molar-refractivity contribution >= 4 is 11.8 Å². The van der Waals surface area contributed by atoms with Crippen LogP contribution in [0.25, 0.3) is 0 Å². The Labute approximate surface area is 106 Å². The molecule has 2 fully saturated rings. The van der Waals surface area contributed by atoms with Gasteiger partial charge in [-0.05, 0) is 43.7 Å². The molecule has 0 amide bonds. The summed E-state index contributed by atoms with van der Waals surface area (Å²) in [5.41, 5.74) is 0.0127. The van der Waals surface area contributed by atoms with Gasteiger partial charge in [0.15, 0.2) is 11.5 Å². The number of hydrogen-bond acceptors (Lipinski definition) is 4. The molecule has 5 nitrogen and oxygen atoms in total. The van der Waals surface area contributed by atoms with Crippen molar-refractivity contribution in [3.63, 3.8) is 0 Å². The van der Waals surface area contributed by atoms with Crippen LogP contribution in [-0.2, 0) is 0 Å². The zero-order valence-corrected chi connectivity index (χ0v) is 10.2. The predicted octanol–water partition coefficient (Wildman–Crippen LogP) is 1.94. The number of rotatable bonds is 2. The van der Waals surface area contributed by atoms with Gasteiger partial charge in [-0.3, -0.25) is 0 Å². The number of fused-ring (bicyclic) bond motifs is 1. The number of hydrogen-bond donors (Lipinski definition) is 1. The van der Waals surface area contributed by atoms with Crippen LogP contribution in [0, 0.1) is 5.92 Å². The number of carbonyl (C=O) groups is 1. The lowest BCUT2D eigenvalue weighted by molar-refractivity contribution is 0.0689. The molecule has 1 aromatic heterocycles. The minimum atomic E-state index is -1.02.